The van der Waals surface area contributed by atoms with Gasteiger partial charge in [-0.05, 0) is 6.92 Å². The fourth-order valence-corrected chi connectivity index (χ4v) is 1.54. The molecule has 0 aliphatic rings. The number of hydrogen-bond acceptors (Lipinski definition) is 5. The van der Waals surface area contributed by atoms with E-state index in [0.717, 1.165) is 0 Å². The number of amides is 1. The minimum atomic E-state index is -0.485. The maximum atomic E-state index is 11.8. The number of anilines is 1. The first-order valence-electron chi connectivity index (χ1n) is 4.84. The SMILES string of the molecule is Cc1cnc(C(=O)Nc2c(Cl)ncnc2Cl)cn1. The van der Waals surface area contributed by atoms with E-state index in [2.05, 4.69) is 25.3 Å². The molecule has 0 fully saturated rings. The van der Waals surface area contributed by atoms with Crippen LogP contribution in [0.2, 0.25) is 10.3 Å². The normalized spacial score (nSPS) is 10.2. The number of hydrogen-bond donors (Lipinski definition) is 1. The van der Waals surface area contributed by atoms with Gasteiger partial charge in [-0.25, -0.2) is 15.0 Å². The van der Waals surface area contributed by atoms with Crippen molar-refractivity contribution >= 4 is 34.8 Å². The van der Waals surface area contributed by atoms with E-state index in [0.29, 0.717) is 5.69 Å². The minimum Gasteiger partial charge on any atom is -0.315 e. The molecular weight excluding hydrogens is 277 g/mol. The molecule has 2 heterocycles. The molecule has 2 aromatic rings. The van der Waals surface area contributed by atoms with E-state index in [-0.39, 0.29) is 21.7 Å². The van der Waals surface area contributed by atoms with Crippen LogP contribution in [-0.2, 0) is 0 Å². The highest BCUT2D eigenvalue weighted by Gasteiger charge is 2.14. The molecule has 0 atom stereocenters. The van der Waals surface area contributed by atoms with Crippen LogP contribution in [0.4, 0.5) is 5.69 Å². The van der Waals surface area contributed by atoms with Crippen molar-refractivity contribution in [2.24, 2.45) is 0 Å². The Balaban J connectivity index is 2.24. The minimum absolute atomic E-state index is 0.0587. The lowest BCUT2D eigenvalue weighted by Crippen LogP contribution is -2.15. The quantitative estimate of drug-likeness (QED) is 0.854. The van der Waals surface area contributed by atoms with Crippen LogP contribution >= 0.6 is 23.2 Å². The molecule has 0 unspecified atom stereocenters. The summed E-state index contributed by atoms with van der Waals surface area (Å²) in [7, 11) is 0. The van der Waals surface area contributed by atoms with Crippen LogP contribution in [0.5, 0.6) is 0 Å². The number of halogens is 2. The number of rotatable bonds is 2. The first-order chi connectivity index (χ1) is 8.58. The van der Waals surface area contributed by atoms with E-state index in [1.807, 2.05) is 0 Å². The van der Waals surface area contributed by atoms with Crippen molar-refractivity contribution in [3.8, 4) is 0 Å². The molecule has 0 aliphatic carbocycles. The number of aromatic nitrogens is 4. The predicted octanol–water partition coefficient (Wildman–Crippen LogP) is 2.13. The molecule has 18 heavy (non-hydrogen) atoms. The maximum absolute atomic E-state index is 11.8. The van der Waals surface area contributed by atoms with Crippen molar-refractivity contribution < 1.29 is 4.79 Å². The highest BCUT2D eigenvalue weighted by molar-refractivity contribution is 6.38. The van der Waals surface area contributed by atoms with Gasteiger partial charge in [-0.3, -0.25) is 9.78 Å². The summed E-state index contributed by atoms with van der Waals surface area (Å²) in [5.74, 6) is -0.485. The Morgan fingerprint density at radius 2 is 1.78 bits per heavy atom. The number of aryl methyl sites for hydroxylation is 1. The first kappa shape index (κ1) is 12.7. The second kappa shape index (κ2) is 5.24. The van der Waals surface area contributed by atoms with E-state index in [1.54, 1.807) is 6.92 Å². The molecule has 0 saturated carbocycles. The number of nitrogens with one attached hydrogen (secondary N) is 1. The number of carbonyl (C=O) groups is 1. The molecule has 0 saturated heterocycles. The largest absolute Gasteiger partial charge is 0.315 e. The zero-order valence-corrected chi connectivity index (χ0v) is 10.7. The predicted molar refractivity (Wildman–Crippen MR) is 66.8 cm³/mol. The van der Waals surface area contributed by atoms with Crippen molar-refractivity contribution in [2.75, 3.05) is 5.32 Å². The van der Waals surface area contributed by atoms with Crippen molar-refractivity contribution in [3.05, 3.63) is 40.4 Å². The second-order valence-electron chi connectivity index (χ2n) is 3.33. The summed E-state index contributed by atoms with van der Waals surface area (Å²) in [6, 6.07) is 0. The summed E-state index contributed by atoms with van der Waals surface area (Å²) in [5.41, 5.74) is 1.01. The lowest BCUT2D eigenvalue weighted by Gasteiger charge is -2.06. The van der Waals surface area contributed by atoms with Crippen LogP contribution < -0.4 is 5.32 Å². The van der Waals surface area contributed by atoms with Crippen molar-refractivity contribution in [3.63, 3.8) is 0 Å². The van der Waals surface area contributed by atoms with Gasteiger partial charge in [0.1, 0.15) is 17.7 Å². The molecule has 8 heteroatoms. The fraction of sp³-hybridized carbons (Fsp3) is 0.100. The zero-order valence-electron chi connectivity index (χ0n) is 9.19. The Kier molecular flexibility index (Phi) is 3.69. The van der Waals surface area contributed by atoms with E-state index in [9.17, 15) is 4.79 Å². The molecule has 0 spiro atoms. The Labute approximate surface area is 112 Å². The molecule has 0 aromatic carbocycles. The smallest absolute Gasteiger partial charge is 0.276 e. The first-order valence-corrected chi connectivity index (χ1v) is 5.59. The molecule has 92 valence electrons. The Bertz CT molecular complexity index is 567. The average molecular weight is 284 g/mol. The highest BCUT2D eigenvalue weighted by Crippen LogP contribution is 2.25. The average Bonchev–Trinajstić information content (AvgIpc) is 2.34. The standard InChI is InChI=1S/C10H7Cl2N5O/c1-5-2-14-6(3-13-5)10(18)17-7-8(11)15-4-16-9(7)12/h2-4H,1H3,(H,17,18). The molecule has 0 aliphatic heterocycles. The molecule has 0 bridgehead atoms. The van der Waals surface area contributed by atoms with Gasteiger partial charge in [-0.2, -0.15) is 0 Å². The molecule has 2 rings (SSSR count). The molecule has 1 amide bonds. The van der Waals surface area contributed by atoms with Crippen LogP contribution in [0.3, 0.4) is 0 Å². The van der Waals surface area contributed by atoms with Crippen LogP contribution in [0.25, 0.3) is 0 Å². The van der Waals surface area contributed by atoms with Crippen molar-refractivity contribution in [1.29, 1.82) is 0 Å². The molecule has 0 radical (unpaired) electrons. The number of nitrogens with zero attached hydrogens (tertiary/aromatic N) is 4. The molecule has 6 nitrogen and oxygen atoms in total. The summed E-state index contributed by atoms with van der Waals surface area (Å²) < 4.78 is 0. The van der Waals surface area contributed by atoms with Crippen molar-refractivity contribution in [2.45, 2.75) is 6.92 Å². The number of carbonyl (C=O) groups excluding carboxylic acids is 1. The van der Waals surface area contributed by atoms with Gasteiger partial charge < -0.3 is 5.32 Å². The zero-order chi connectivity index (χ0) is 13.1. The third-order valence-electron chi connectivity index (χ3n) is 2.01. The van der Waals surface area contributed by atoms with Crippen LogP contribution in [-0.4, -0.2) is 25.8 Å². The summed E-state index contributed by atoms with van der Waals surface area (Å²) in [4.78, 5) is 27.2. The van der Waals surface area contributed by atoms with Gasteiger partial charge in [0.25, 0.3) is 5.91 Å². The van der Waals surface area contributed by atoms with E-state index < -0.39 is 5.91 Å². The van der Waals surface area contributed by atoms with Crippen LogP contribution in [0.1, 0.15) is 16.2 Å². The third-order valence-corrected chi connectivity index (χ3v) is 2.58. The van der Waals surface area contributed by atoms with E-state index in [4.69, 9.17) is 23.2 Å². The lowest BCUT2D eigenvalue weighted by atomic mass is 10.4. The fourth-order valence-electron chi connectivity index (χ4n) is 1.14. The highest BCUT2D eigenvalue weighted by atomic mass is 35.5. The molecule has 2 aromatic heterocycles. The summed E-state index contributed by atoms with van der Waals surface area (Å²) >= 11 is 11.6. The summed E-state index contributed by atoms with van der Waals surface area (Å²) in [5, 5.41) is 2.60. The van der Waals surface area contributed by atoms with Gasteiger partial charge in [0.2, 0.25) is 0 Å². The van der Waals surface area contributed by atoms with Crippen LogP contribution in [0, 0.1) is 6.92 Å². The van der Waals surface area contributed by atoms with Gasteiger partial charge >= 0.3 is 0 Å². The van der Waals surface area contributed by atoms with E-state index >= 15 is 0 Å². The van der Waals surface area contributed by atoms with Gasteiger partial charge in [0, 0.05) is 6.20 Å². The van der Waals surface area contributed by atoms with Gasteiger partial charge in [0.15, 0.2) is 10.3 Å². The molecular formula is C10H7Cl2N5O. The summed E-state index contributed by atoms with van der Waals surface area (Å²) in [6.45, 7) is 1.77. The maximum Gasteiger partial charge on any atom is 0.276 e. The monoisotopic (exact) mass is 283 g/mol. The van der Waals surface area contributed by atoms with Crippen molar-refractivity contribution in [1.82, 2.24) is 19.9 Å². The van der Waals surface area contributed by atoms with Gasteiger partial charge in [-0.15, -0.1) is 0 Å². The second-order valence-corrected chi connectivity index (χ2v) is 4.04. The lowest BCUT2D eigenvalue weighted by molar-refractivity contribution is 0.102. The Morgan fingerprint density at radius 1 is 1.11 bits per heavy atom. The Hall–Kier alpha value is -1.79. The Morgan fingerprint density at radius 3 is 2.33 bits per heavy atom. The summed E-state index contributed by atoms with van der Waals surface area (Å²) in [6.07, 6.45) is 4.04. The van der Waals surface area contributed by atoms with Crippen LogP contribution in [0.15, 0.2) is 18.7 Å². The van der Waals surface area contributed by atoms with Gasteiger partial charge in [0.05, 0.1) is 11.9 Å². The molecule has 1 N–H and O–H groups in total. The topological polar surface area (TPSA) is 80.7 Å². The van der Waals surface area contributed by atoms with Gasteiger partial charge in [-0.1, -0.05) is 23.2 Å². The van der Waals surface area contributed by atoms with E-state index in [1.165, 1.54) is 18.7 Å². The third kappa shape index (κ3) is 2.72.